The highest BCUT2D eigenvalue weighted by Crippen LogP contribution is 2.21. The molecule has 1 unspecified atom stereocenters. The third kappa shape index (κ3) is 6.35. The van der Waals surface area contributed by atoms with Gasteiger partial charge in [0, 0.05) is 35.2 Å². The Balaban J connectivity index is 1.73. The molecule has 1 saturated heterocycles. The lowest BCUT2D eigenvalue weighted by Crippen LogP contribution is -2.54. The van der Waals surface area contributed by atoms with Crippen LogP contribution < -0.4 is 16.8 Å². The number of hydrogen-bond donors (Lipinski definition) is 4. The van der Waals surface area contributed by atoms with Gasteiger partial charge in [0.15, 0.2) is 0 Å². The minimum atomic E-state index is -0.373. The van der Waals surface area contributed by atoms with Gasteiger partial charge >= 0.3 is 11.9 Å². The largest absolute Gasteiger partial charge is 0.387 e. The summed E-state index contributed by atoms with van der Waals surface area (Å²) in [6, 6.07) is 8.85. The number of carbonyl (C=O) groups is 1. The smallest absolute Gasteiger partial charge is 0.365 e. The number of hydrogen-bond acceptors (Lipinski definition) is 2. The molecular formula is C25H40N7O+. The number of carbonyl (C=O) groups excluding carboxylic acids is 1. The first-order chi connectivity index (χ1) is 15.7. The van der Waals surface area contributed by atoms with Crippen LogP contribution in [0.3, 0.4) is 0 Å². The van der Waals surface area contributed by atoms with Gasteiger partial charge in [0.05, 0.1) is 13.1 Å². The molecule has 2 heterocycles. The zero-order valence-corrected chi connectivity index (χ0v) is 20.6. The Morgan fingerprint density at radius 2 is 1.88 bits per heavy atom. The Kier molecular flexibility index (Phi) is 8.13. The SMILES string of the molecule is CC(C)CCC(Cc1c[nH]c2ccccc12)NC(=O)C(N)=NC(N)=[N+]1C[C@@H](C)N(C)[C@H](C)C1. The molecule has 8 nitrogen and oxygen atoms in total. The molecule has 0 aliphatic carbocycles. The van der Waals surface area contributed by atoms with Crippen LogP contribution in [0.15, 0.2) is 35.5 Å². The average Bonchev–Trinajstić information content (AvgIpc) is 3.18. The summed E-state index contributed by atoms with van der Waals surface area (Å²) < 4.78 is 2.00. The molecule has 0 saturated carbocycles. The number of nitrogens with zero attached hydrogens (tertiary/aromatic N) is 3. The molecule has 0 spiro atoms. The number of benzene rings is 1. The third-order valence-corrected chi connectivity index (χ3v) is 6.72. The zero-order valence-electron chi connectivity index (χ0n) is 20.6. The first-order valence-electron chi connectivity index (χ1n) is 11.9. The monoisotopic (exact) mass is 454 g/mol. The molecule has 3 rings (SSSR count). The van der Waals surface area contributed by atoms with Gasteiger partial charge in [0.1, 0.15) is 0 Å². The van der Waals surface area contributed by atoms with Crippen LogP contribution in [0.2, 0.25) is 0 Å². The van der Waals surface area contributed by atoms with E-state index in [2.05, 4.69) is 67.1 Å². The van der Waals surface area contributed by atoms with Gasteiger partial charge in [-0.25, -0.2) is 0 Å². The summed E-state index contributed by atoms with van der Waals surface area (Å²) in [5.74, 6) is 0.371. The van der Waals surface area contributed by atoms with Crippen molar-refractivity contribution in [2.75, 3.05) is 20.1 Å². The highest BCUT2D eigenvalue weighted by Gasteiger charge is 2.28. The van der Waals surface area contributed by atoms with Crippen molar-refractivity contribution in [1.29, 1.82) is 0 Å². The van der Waals surface area contributed by atoms with Gasteiger partial charge in [0.25, 0.3) is 5.84 Å². The number of fused-ring (bicyclic) bond motifs is 1. The van der Waals surface area contributed by atoms with Gasteiger partial charge in [-0.15, -0.1) is 0 Å². The predicted octanol–water partition coefficient (Wildman–Crippen LogP) is 2.04. The van der Waals surface area contributed by atoms with E-state index in [1.807, 2.05) is 22.9 Å². The number of rotatable bonds is 6. The van der Waals surface area contributed by atoms with Crippen molar-refractivity contribution >= 4 is 28.6 Å². The number of aromatic nitrogens is 1. The van der Waals surface area contributed by atoms with Crippen molar-refractivity contribution in [3.05, 3.63) is 36.0 Å². The highest BCUT2D eigenvalue weighted by molar-refractivity contribution is 6.38. The molecule has 2 aromatic rings. The first-order valence-corrected chi connectivity index (χ1v) is 11.9. The third-order valence-electron chi connectivity index (χ3n) is 6.72. The highest BCUT2D eigenvalue weighted by atomic mass is 16.2. The van der Waals surface area contributed by atoms with Crippen molar-refractivity contribution in [2.45, 2.75) is 65.1 Å². The van der Waals surface area contributed by atoms with Gasteiger partial charge in [-0.05, 0) is 62.7 Å². The second-order valence-electron chi connectivity index (χ2n) is 9.83. The van der Waals surface area contributed by atoms with Crippen LogP contribution in [0.5, 0.6) is 0 Å². The van der Waals surface area contributed by atoms with Crippen molar-refractivity contribution in [3.8, 4) is 0 Å². The van der Waals surface area contributed by atoms with E-state index >= 15 is 0 Å². The summed E-state index contributed by atoms with van der Waals surface area (Å²) in [5.41, 5.74) is 14.6. The molecule has 1 aliphatic rings. The van der Waals surface area contributed by atoms with Crippen LogP contribution in [-0.2, 0) is 11.2 Å². The summed E-state index contributed by atoms with van der Waals surface area (Å²) in [6.07, 6.45) is 4.62. The van der Waals surface area contributed by atoms with E-state index < -0.39 is 0 Å². The van der Waals surface area contributed by atoms with Gasteiger partial charge in [-0.2, -0.15) is 0 Å². The molecular weight excluding hydrogens is 414 g/mol. The molecule has 1 aliphatic heterocycles. The van der Waals surface area contributed by atoms with Gasteiger partial charge < -0.3 is 16.0 Å². The van der Waals surface area contributed by atoms with Crippen LogP contribution in [0.25, 0.3) is 10.9 Å². The minimum absolute atomic E-state index is 0.0437. The molecule has 1 fully saturated rings. The number of amides is 1. The van der Waals surface area contributed by atoms with E-state index in [1.54, 1.807) is 0 Å². The fourth-order valence-corrected chi connectivity index (χ4v) is 4.42. The summed E-state index contributed by atoms with van der Waals surface area (Å²) in [5, 5.41) is 4.28. The average molecular weight is 455 g/mol. The van der Waals surface area contributed by atoms with E-state index in [1.165, 1.54) is 10.9 Å². The van der Waals surface area contributed by atoms with Crippen molar-refractivity contribution in [1.82, 2.24) is 15.2 Å². The molecule has 0 radical (unpaired) electrons. The van der Waals surface area contributed by atoms with Crippen LogP contribution in [0.1, 0.15) is 46.1 Å². The number of amidine groups is 1. The fourth-order valence-electron chi connectivity index (χ4n) is 4.42. The molecule has 0 bridgehead atoms. The maximum absolute atomic E-state index is 12.9. The number of nitrogens with one attached hydrogen (secondary N) is 2. The predicted molar refractivity (Wildman–Crippen MR) is 136 cm³/mol. The summed E-state index contributed by atoms with van der Waals surface area (Å²) in [4.78, 5) is 22.8. The van der Waals surface area contributed by atoms with Crippen molar-refractivity contribution in [2.24, 2.45) is 22.4 Å². The standard InChI is InChI=1S/C25H39N7O/c1-16(2)10-11-20(12-19-13-28-22-9-7-6-8-21(19)22)29-24(33)23(26)30-25(27)32-14-17(3)31(5)18(4)15-32/h6-9,13,16-18,20,28H,10-12,14-15H2,1-5H3,(H4,26,27,29,30,33)/p+1/t17-,18-,20?/m1/s1. The summed E-state index contributed by atoms with van der Waals surface area (Å²) in [6.45, 7) is 10.2. The first kappa shape index (κ1) is 24.8. The van der Waals surface area contributed by atoms with E-state index in [0.29, 0.717) is 24.0 Å². The molecule has 180 valence electrons. The quantitative estimate of drug-likeness (QED) is 0.304. The molecule has 1 aromatic carbocycles. The number of nitrogens with two attached hydrogens (primary N) is 2. The summed E-state index contributed by atoms with van der Waals surface area (Å²) >= 11 is 0. The topological polar surface area (TPSA) is 116 Å². The normalized spacial score (nSPS) is 20.9. The molecule has 1 amide bonds. The lowest BCUT2D eigenvalue weighted by atomic mass is 9.97. The number of piperazine rings is 1. The van der Waals surface area contributed by atoms with Gasteiger partial charge in [-0.1, -0.05) is 32.0 Å². The molecule has 8 heteroatoms. The molecule has 3 atom stereocenters. The Morgan fingerprint density at radius 3 is 2.55 bits per heavy atom. The lowest BCUT2D eigenvalue weighted by molar-refractivity contribution is -0.554. The number of aromatic amines is 1. The number of para-hydroxylation sites is 1. The van der Waals surface area contributed by atoms with Crippen LogP contribution in [0, 0.1) is 5.92 Å². The molecule has 1 aromatic heterocycles. The zero-order chi connectivity index (χ0) is 24.1. The van der Waals surface area contributed by atoms with Crippen LogP contribution in [-0.4, -0.2) is 70.4 Å². The minimum Gasteiger partial charge on any atom is -0.365 e. The van der Waals surface area contributed by atoms with Crippen molar-refractivity contribution in [3.63, 3.8) is 0 Å². The van der Waals surface area contributed by atoms with E-state index in [-0.39, 0.29) is 17.8 Å². The van der Waals surface area contributed by atoms with Gasteiger partial charge in [-0.3, -0.25) is 20.0 Å². The van der Waals surface area contributed by atoms with E-state index in [4.69, 9.17) is 11.5 Å². The fraction of sp³-hybridized carbons (Fsp3) is 0.560. The van der Waals surface area contributed by atoms with E-state index in [9.17, 15) is 4.79 Å². The summed E-state index contributed by atoms with van der Waals surface area (Å²) in [7, 11) is 2.11. The Morgan fingerprint density at radius 1 is 1.21 bits per heavy atom. The second kappa shape index (κ2) is 10.8. The Labute approximate surface area is 197 Å². The molecule has 6 N–H and O–H groups in total. The number of aliphatic imine (C=N–C) groups is 1. The number of likely N-dealkylation sites (N-methyl/N-ethyl adjacent to an activating group) is 1. The number of H-pyrrole nitrogens is 1. The molecule has 33 heavy (non-hydrogen) atoms. The van der Waals surface area contributed by atoms with Crippen LogP contribution >= 0.6 is 0 Å². The number of guanidine groups is 1. The lowest BCUT2D eigenvalue weighted by Gasteiger charge is -2.36. The van der Waals surface area contributed by atoms with Gasteiger partial charge in [0.2, 0.25) is 0 Å². The Bertz CT molecular complexity index is 1010. The van der Waals surface area contributed by atoms with Crippen molar-refractivity contribution < 1.29 is 9.37 Å². The van der Waals surface area contributed by atoms with Crippen LogP contribution in [0.4, 0.5) is 0 Å². The maximum atomic E-state index is 12.9. The maximum Gasteiger partial charge on any atom is 0.387 e. The Hall–Kier alpha value is -2.87. The second-order valence-corrected chi connectivity index (χ2v) is 9.83. The van der Waals surface area contributed by atoms with E-state index in [0.717, 1.165) is 37.9 Å².